The molecule has 2 aromatic rings. The average Bonchev–Trinajstić information content (AvgIpc) is 2.67. The van der Waals surface area contributed by atoms with Gasteiger partial charge in [-0.25, -0.2) is 0 Å². The summed E-state index contributed by atoms with van der Waals surface area (Å²) in [5, 5.41) is 8.95. The standard InChI is InChI=1S/C19H17N3O3/c1-25-17-7-3-6-16(11-17)22-9-8-21(13-18(22)23)19(24)15-5-2-4-14(10-15)12-20/h2-7,10-11H,8-9,13H2,1H3. The maximum Gasteiger partial charge on any atom is 0.254 e. The van der Waals surface area contributed by atoms with E-state index in [4.69, 9.17) is 10.00 Å². The molecule has 0 aromatic heterocycles. The van der Waals surface area contributed by atoms with Crippen molar-refractivity contribution in [1.82, 2.24) is 4.90 Å². The van der Waals surface area contributed by atoms with Crippen molar-refractivity contribution in [3.63, 3.8) is 0 Å². The van der Waals surface area contributed by atoms with Gasteiger partial charge >= 0.3 is 0 Å². The van der Waals surface area contributed by atoms with E-state index in [1.165, 1.54) is 4.90 Å². The van der Waals surface area contributed by atoms with Gasteiger partial charge in [-0.1, -0.05) is 12.1 Å². The Kier molecular flexibility index (Phi) is 4.66. The summed E-state index contributed by atoms with van der Waals surface area (Å²) in [6, 6.07) is 15.8. The first kappa shape index (κ1) is 16.5. The van der Waals surface area contributed by atoms with E-state index in [1.54, 1.807) is 42.3 Å². The third kappa shape index (κ3) is 3.45. The molecule has 0 atom stereocenters. The number of carbonyl (C=O) groups is 2. The van der Waals surface area contributed by atoms with E-state index in [0.29, 0.717) is 30.0 Å². The lowest BCUT2D eigenvalue weighted by atomic mass is 10.1. The maximum absolute atomic E-state index is 12.6. The summed E-state index contributed by atoms with van der Waals surface area (Å²) < 4.78 is 5.19. The number of amides is 2. The Morgan fingerprint density at radius 3 is 2.68 bits per heavy atom. The van der Waals surface area contributed by atoms with E-state index in [-0.39, 0.29) is 18.4 Å². The number of nitriles is 1. The van der Waals surface area contributed by atoms with E-state index < -0.39 is 0 Å². The van der Waals surface area contributed by atoms with Gasteiger partial charge in [0.1, 0.15) is 12.3 Å². The smallest absolute Gasteiger partial charge is 0.254 e. The lowest BCUT2D eigenvalue weighted by molar-refractivity contribution is -0.120. The first-order chi connectivity index (χ1) is 12.1. The zero-order valence-electron chi connectivity index (χ0n) is 13.8. The molecule has 2 amide bonds. The Bertz CT molecular complexity index is 857. The number of carbonyl (C=O) groups excluding carboxylic acids is 2. The summed E-state index contributed by atoms with van der Waals surface area (Å²) in [6.45, 7) is 0.848. The molecule has 0 radical (unpaired) electrons. The van der Waals surface area contributed by atoms with Crippen LogP contribution in [0.1, 0.15) is 15.9 Å². The van der Waals surface area contributed by atoms with Gasteiger partial charge in [-0.3, -0.25) is 9.59 Å². The molecule has 6 heteroatoms. The SMILES string of the molecule is COc1cccc(N2CCN(C(=O)c3cccc(C#N)c3)CC2=O)c1. The van der Waals surface area contributed by atoms with Crippen LogP contribution in [-0.2, 0) is 4.79 Å². The molecule has 3 rings (SSSR count). The third-order valence-electron chi connectivity index (χ3n) is 4.11. The molecule has 6 nitrogen and oxygen atoms in total. The molecule has 1 saturated heterocycles. The molecule has 0 saturated carbocycles. The van der Waals surface area contributed by atoms with Crippen molar-refractivity contribution in [1.29, 1.82) is 5.26 Å². The van der Waals surface area contributed by atoms with Crippen LogP contribution in [0.15, 0.2) is 48.5 Å². The molecule has 0 bridgehead atoms. The van der Waals surface area contributed by atoms with Crippen LogP contribution in [0.25, 0.3) is 0 Å². The van der Waals surface area contributed by atoms with Crippen LogP contribution in [0.4, 0.5) is 5.69 Å². The van der Waals surface area contributed by atoms with E-state index in [2.05, 4.69) is 0 Å². The number of rotatable bonds is 3. The lowest BCUT2D eigenvalue weighted by Crippen LogP contribution is -2.52. The first-order valence-corrected chi connectivity index (χ1v) is 7.86. The molecule has 1 aliphatic rings. The molecule has 1 heterocycles. The third-order valence-corrected chi connectivity index (χ3v) is 4.11. The predicted molar refractivity (Wildman–Crippen MR) is 92.4 cm³/mol. The molecular formula is C19H17N3O3. The zero-order chi connectivity index (χ0) is 17.8. The molecule has 1 fully saturated rings. The van der Waals surface area contributed by atoms with Gasteiger partial charge in [-0.05, 0) is 30.3 Å². The minimum Gasteiger partial charge on any atom is -0.497 e. The highest BCUT2D eigenvalue weighted by Crippen LogP contribution is 2.23. The largest absolute Gasteiger partial charge is 0.497 e. The normalized spacial score (nSPS) is 14.2. The number of hydrogen-bond acceptors (Lipinski definition) is 4. The quantitative estimate of drug-likeness (QED) is 0.860. The molecule has 2 aromatic carbocycles. The minimum atomic E-state index is -0.240. The van der Waals surface area contributed by atoms with Gasteiger partial charge in [0.15, 0.2) is 0 Å². The fourth-order valence-corrected chi connectivity index (χ4v) is 2.80. The van der Waals surface area contributed by atoms with Crippen LogP contribution in [0.2, 0.25) is 0 Å². The summed E-state index contributed by atoms with van der Waals surface area (Å²) in [5.41, 5.74) is 1.59. The fraction of sp³-hybridized carbons (Fsp3) is 0.211. The van der Waals surface area contributed by atoms with Gasteiger partial charge in [0, 0.05) is 30.4 Å². The number of hydrogen-bond donors (Lipinski definition) is 0. The number of nitrogens with zero attached hydrogens (tertiary/aromatic N) is 3. The summed E-state index contributed by atoms with van der Waals surface area (Å²) in [6.07, 6.45) is 0. The second-order valence-electron chi connectivity index (χ2n) is 5.67. The highest BCUT2D eigenvalue weighted by molar-refractivity contribution is 6.01. The van der Waals surface area contributed by atoms with Crippen LogP contribution in [0.3, 0.4) is 0 Å². The van der Waals surface area contributed by atoms with E-state index in [0.717, 1.165) is 5.69 Å². The lowest BCUT2D eigenvalue weighted by Gasteiger charge is -2.34. The van der Waals surface area contributed by atoms with E-state index in [9.17, 15) is 9.59 Å². The molecule has 25 heavy (non-hydrogen) atoms. The molecule has 0 N–H and O–H groups in total. The second kappa shape index (κ2) is 7.05. The Balaban J connectivity index is 1.74. The number of piperazine rings is 1. The molecule has 126 valence electrons. The summed E-state index contributed by atoms with van der Waals surface area (Å²) in [5.74, 6) is 0.289. The van der Waals surface area contributed by atoms with Gasteiger partial charge in [-0.2, -0.15) is 5.26 Å². The number of benzene rings is 2. The van der Waals surface area contributed by atoms with Gasteiger partial charge in [-0.15, -0.1) is 0 Å². The Labute approximate surface area is 145 Å². The minimum absolute atomic E-state index is 0.00677. The second-order valence-corrected chi connectivity index (χ2v) is 5.67. The zero-order valence-corrected chi connectivity index (χ0v) is 13.8. The number of anilines is 1. The van der Waals surface area contributed by atoms with Crippen LogP contribution in [0.5, 0.6) is 5.75 Å². The monoisotopic (exact) mass is 335 g/mol. The maximum atomic E-state index is 12.6. The topological polar surface area (TPSA) is 73.6 Å². The Morgan fingerprint density at radius 1 is 1.16 bits per heavy atom. The van der Waals surface area contributed by atoms with Crippen LogP contribution in [-0.4, -0.2) is 43.5 Å². The van der Waals surface area contributed by atoms with Crippen molar-refractivity contribution in [3.8, 4) is 11.8 Å². The van der Waals surface area contributed by atoms with Crippen LogP contribution in [0, 0.1) is 11.3 Å². The summed E-state index contributed by atoms with van der Waals surface area (Å²) in [7, 11) is 1.58. The summed E-state index contributed by atoms with van der Waals surface area (Å²) in [4.78, 5) is 28.2. The number of methoxy groups -OCH3 is 1. The van der Waals surface area contributed by atoms with Gasteiger partial charge in [0.2, 0.25) is 5.91 Å². The van der Waals surface area contributed by atoms with E-state index in [1.807, 2.05) is 24.3 Å². The van der Waals surface area contributed by atoms with Gasteiger partial charge < -0.3 is 14.5 Å². The van der Waals surface area contributed by atoms with Crippen molar-refractivity contribution in [3.05, 3.63) is 59.7 Å². The van der Waals surface area contributed by atoms with Crippen LogP contribution >= 0.6 is 0 Å². The molecule has 0 aliphatic carbocycles. The van der Waals surface area contributed by atoms with E-state index >= 15 is 0 Å². The van der Waals surface area contributed by atoms with Crippen molar-refractivity contribution in [2.45, 2.75) is 0 Å². The highest BCUT2D eigenvalue weighted by Gasteiger charge is 2.28. The Hall–Kier alpha value is -3.33. The predicted octanol–water partition coefficient (Wildman–Crippen LogP) is 2.06. The molecular weight excluding hydrogens is 318 g/mol. The first-order valence-electron chi connectivity index (χ1n) is 7.86. The van der Waals surface area contributed by atoms with Crippen molar-refractivity contribution >= 4 is 17.5 Å². The molecule has 0 unspecified atom stereocenters. The highest BCUT2D eigenvalue weighted by atomic mass is 16.5. The van der Waals surface area contributed by atoms with Crippen molar-refractivity contribution in [2.24, 2.45) is 0 Å². The fourth-order valence-electron chi connectivity index (χ4n) is 2.80. The van der Waals surface area contributed by atoms with Gasteiger partial charge in [0.05, 0.1) is 18.7 Å². The Morgan fingerprint density at radius 2 is 1.96 bits per heavy atom. The van der Waals surface area contributed by atoms with Gasteiger partial charge in [0.25, 0.3) is 5.91 Å². The van der Waals surface area contributed by atoms with Crippen molar-refractivity contribution in [2.75, 3.05) is 31.6 Å². The number of ether oxygens (including phenoxy) is 1. The van der Waals surface area contributed by atoms with Crippen LogP contribution < -0.4 is 9.64 Å². The molecule has 1 aliphatic heterocycles. The average molecular weight is 335 g/mol. The van der Waals surface area contributed by atoms with Crippen molar-refractivity contribution < 1.29 is 14.3 Å². The summed E-state index contributed by atoms with van der Waals surface area (Å²) >= 11 is 0. The molecule has 0 spiro atoms.